The van der Waals surface area contributed by atoms with E-state index in [2.05, 4.69) is 24.2 Å². The van der Waals surface area contributed by atoms with E-state index in [9.17, 15) is 27.9 Å². The van der Waals surface area contributed by atoms with Gasteiger partial charge in [-0.2, -0.15) is 13.2 Å². The van der Waals surface area contributed by atoms with Crippen LogP contribution in [0.25, 0.3) is 6.08 Å². The van der Waals surface area contributed by atoms with Gasteiger partial charge in [0.1, 0.15) is 5.84 Å². The Morgan fingerprint density at radius 1 is 1.15 bits per heavy atom. The maximum absolute atomic E-state index is 13.2. The van der Waals surface area contributed by atoms with Gasteiger partial charge >= 0.3 is 6.18 Å². The number of nitrogens with zero attached hydrogens (tertiary/aromatic N) is 2. The van der Waals surface area contributed by atoms with Crippen molar-refractivity contribution in [1.29, 1.82) is 0 Å². The molecule has 1 heterocycles. The monoisotopic (exact) mass is 572 g/mol. The Morgan fingerprint density at radius 2 is 1.83 bits per heavy atom. The third-order valence-electron chi connectivity index (χ3n) is 6.62. The Labute approximate surface area is 237 Å². The molecule has 2 aliphatic rings. The number of hydrogen-bond donors (Lipinski definition) is 3. The van der Waals surface area contributed by atoms with Gasteiger partial charge in [0.2, 0.25) is 12.2 Å². The molecule has 2 aromatic rings. The number of aldehydes is 1. The first-order valence-electron chi connectivity index (χ1n) is 13.6. The first-order valence-corrected chi connectivity index (χ1v) is 13.6. The predicted octanol–water partition coefficient (Wildman–Crippen LogP) is 5.48. The molecule has 4 N–H and O–H groups in total. The molecule has 1 aliphatic heterocycles. The molecule has 2 amide bonds. The van der Waals surface area contributed by atoms with E-state index >= 15 is 0 Å². The number of nitrogens with one attached hydrogen (secondary N) is 1. The third kappa shape index (κ3) is 8.75. The van der Waals surface area contributed by atoms with Gasteiger partial charge in [0.15, 0.2) is 0 Å². The van der Waals surface area contributed by atoms with Crippen LogP contribution in [0.15, 0.2) is 47.0 Å². The lowest BCUT2D eigenvalue weighted by molar-refractivity contribution is -0.156. The van der Waals surface area contributed by atoms with Gasteiger partial charge in [0.05, 0.1) is 11.8 Å². The van der Waals surface area contributed by atoms with Gasteiger partial charge in [-0.25, -0.2) is 4.99 Å². The Morgan fingerprint density at radius 3 is 2.46 bits per heavy atom. The molecule has 0 radical (unpaired) electrons. The van der Waals surface area contributed by atoms with Gasteiger partial charge in [-0.15, -0.1) is 0 Å². The van der Waals surface area contributed by atoms with Crippen molar-refractivity contribution < 1.29 is 32.7 Å². The van der Waals surface area contributed by atoms with Gasteiger partial charge in [0.25, 0.3) is 5.91 Å². The number of aryl methyl sites for hydroxylation is 1. The average molecular weight is 573 g/mol. The molecular formula is C30H35F3N4O4. The van der Waals surface area contributed by atoms with Gasteiger partial charge in [0, 0.05) is 41.9 Å². The zero-order valence-corrected chi connectivity index (χ0v) is 23.1. The van der Waals surface area contributed by atoms with E-state index in [1.165, 1.54) is 0 Å². The number of halogens is 3. The van der Waals surface area contributed by atoms with Gasteiger partial charge in [-0.3, -0.25) is 14.4 Å². The molecule has 0 bridgehead atoms. The summed E-state index contributed by atoms with van der Waals surface area (Å²) >= 11 is 0. The second-order valence-electron chi connectivity index (χ2n) is 9.95. The molecule has 0 saturated carbocycles. The number of carbonyl (C=O) groups excluding carboxylic acids is 3. The number of amides is 2. The first-order chi connectivity index (χ1) is 19.4. The predicted molar refractivity (Wildman–Crippen MR) is 152 cm³/mol. The summed E-state index contributed by atoms with van der Waals surface area (Å²) in [6.07, 6.45) is 0.367. The van der Waals surface area contributed by atoms with Crippen LogP contribution in [0.3, 0.4) is 0 Å². The smallest absolute Gasteiger partial charge is 0.388 e. The molecule has 1 unspecified atom stereocenters. The van der Waals surface area contributed by atoms with Crippen molar-refractivity contribution in [3.8, 4) is 0 Å². The Kier molecular flexibility index (Phi) is 10.8. The fourth-order valence-corrected chi connectivity index (χ4v) is 4.80. The lowest BCUT2D eigenvalue weighted by atomic mass is 9.89. The summed E-state index contributed by atoms with van der Waals surface area (Å²) in [6.45, 7) is 5.52. The van der Waals surface area contributed by atoms with E-state index in [1.54, 1.807) is 12.1 Å². The van der Waals surface area contributed by atoms with Crippen molar-refractivity contribution in [3.05, 3.63) is 64.2 Å². The summed E-state index contributed by atoms with van der Waals surface area (Å²) in [5, 5.41) is 13.1. The quantitative estimate of drug-likeness (QED) is 0.379. The molecule has 0 fully saturated rings. The van der Waals surface area contributed by atoms with Crippen LogP contribution in [-0.2, 0) is 16.0 Å². The van der Waals surface area contributed by atoms with Crippen LogP contribution in [0.5, 0.6) is 0 Å². The van der Waals surface area contributed by atoms with E-state index in [0.29, 0.717) is 41.4 Å². The van der Waals surface area contributed by atoms with Crippen LogP contribution in [0.4, 0.5) is 24.5 Å². The number of alkyl halides is 3. The van der Waals surface area contributed by atoms with Crippen LogP contribution in [0, 0.1) is 0 Å². The van der Waals surface area contributed by atoms with Crippen molar-refractivity contribution in [3.63, 3.8) is 0 Å². The van der Waals surface area contributed by atoms with Crippen LogP contribution < -0.4 is 11.1 Å². The second kappa shape index (κ2) is 14.1. The summed E-state index contributed by atoms with van der Waals surface area (Å²) in [4.78, 5) is 41.2. The van der Waals surface area contributed by atoms with E-state index < -0.39 is 18.6 Å². The average Bonchev–Trinajstić information content (AvgIpc) is 3.10. The maximum Gasteiger partial charge on any atom is 0.446 e. The SMILES string of the molecule is CCCN(CCC)C(=O)C1=Cc2ccc(C(=O)Nc3ccc4c(c3)CCCC4O)cc2N=C(N)C1.O=CC(F)(F)F. The number of amidine groups is 1. The minimum Gasteiger partial charge on any atom is -0.388 e. The normalized spacial score (nSPS) is 16.0. The summed E-state index contributed by atoms with van der Waals surface area (Å²) < 4.78 is 31.2. The minimum atomic E-state index is -4.64. The second-order valence-corrected chi connectivity index (χ2v) is 9.95. The number of aliphatic imine (C=N–C) groups is 1. The Hall–Kier alpha value is -3.99. The van der Waals surface area contributed by atoms with E-state index in [1.807, 2.05) is 35.2 Å². The molecule has 0 aromatic heterocycles. The van der Waals surface area contributed by atoms with Crippen molar-refractivity contribution >= 4 is 41.4 Å². The zero-order valence-electron chi connectivity index (χ0n) is 23.1. The molecule has 1 atom stereocenters. The first kappa shape index (κ1) is 31.5. The molecule has 4 rings (SSSR count). The lowest BCUT2D eigenvalue weighted by Crippen LogP contribution is -2.34. The maximum atomic E-state index is 13.2. The van der Waals surface area contributed by atoms with Crippen LogP contribution in [0.1, 0.15) is 79.1 Å². The van der Waals surface area contributed by atoms with Crippen LogP contribution in [-0.4, -0.2) is 53.2 Å². The number of aliphatic hydroxyl groups is 1. The molecular weight excluding hydrogens is 537 g/mol. The Balaban J connectivity index is 0.000000696. The van der Waals surface area contributed by atoms with Crippen molar-refractivity contribution in [2.45, 2.75) is 64.7 Å². The zero-order chi connectivity index (χ0) is 30.2. The van der Waals surface area contributed by atoms with Crippen molar-refractivity contribution in [2.24, 2.45) is 10.7 Å². The highest BCUT2D eigenvalue weighted by atomic mass is 19.4. The summed E-state index contributed by atoms with van der Waals surface area (Å²) in [5.41, 5.74) is 11.3. The minimum absolute atomic E-state index is 0.0148. The van der Waals surface area contributed by atoms with Gasteiger partial charge in [-0.1, -0.05) is 26.0 Å². The van der Waals surface area contributed by atoms with Gasteiger partial charge in [-0.05, 0) is 73.6 Å². The lowest BCUT2D eigenvalue weighted by Gasteiger charge is -2.22. The van der Waals surface area contributed by atoms with Crippen molar-refractivity contribution in [1.82, 2.24) is 4.90 Å². The molecule has 0 spiro atoms. The highest BCUT2D eigenvalue weighted by molar-refractivity contribution is 6.08. The third-order valence-corrected chi connectivity index (χ3v) is 6.62. The Bertz CT molecular complexity index is 1330. The number of rotatable bonds is 7. The van der Waals surface area contributed by atoms with E-state index in [-0.39, 0.29) is 18.2 Å². The number of aliphatic hydroxyl groups excluding tert-OH is 1. The fourth-order valence-electron chi connectivity index (χ4n) is 4.80. The van der Waals surface area contributed by atoms with Crippen LogP contribution in [0.2, 0.25) is 0 Å². The molecule has 220 valence electrons. The largest absolute Gasteiger partial charge is 0.446 e. The topological polar surface area (TPSA) is 125 Å². The van der Waals surface area contributed by atoms with E-state index in [4.69, 9.17) is 10.5 Å². The summed E-state index contributed by atoms with van der Waals surface area (Å²) in [5.74, 6) is 0.0839. The number of fused-ring (bicyclic) bond motifs is 2. The van der Waals surface area contributed by atoms with E-state index in [0.717, 1.165) is 48.8 Å². The van der Waals surface area contributed by atoms with Gasteiger partial charge < -0.3 is 21.1 Å². The molecule has 2 aromatic carbocycles. The number of carbonyl (C=O) groups is 3. The summed E-state index contributed by atoms with van der Waals surface area (Å²) in [6, 6.07) is 10.9. The van der Waals surface area contributed by atoms with Crippen molar-refractivity contribution in [2.75, 3.05) is 18.4 Å². The highest BCUT2D eigenvalue weighted by Crippen LogP contribution is 2.32. The molecule has 1 aliphatic carbocycles. The molecule has 41 heavy (non-hydrogen) atoms. The number of benzene rings is 2. The molecule has 8 nitrogen and oxygen atoms in total. The highest BCUT2D eigenvalue weighted by Gasteiger charge is 2.25. The summed E-state index contributed by atoms with van der Waals surface area (Å²) in [7, 11) is 0. The molecule has 0 saturated heterocycles. The number of anilines is 1. The fraction of sp³-hybridized carbons (Fsp3) is 0.400. The standard InChI is InChI=1S/C28H34N4O3.C2HF3O/c1-3-12-32(13-4-2)28(35)21-14-19-8-9-20(16-24(19)31-26(29)17-21)27(34)30-22-10-11-23-18(15-22)6-5-7-25(23)33;3-2(4,5)1-6/h8-11,14-16,25,33H,3-7,12-13,17H2,1-2H3,(H2,29,31)(H,30,34);1H. The molecule has 11 heteroatoms. The number of nitrogens with two attached hydrogens (primary N) is 1. The number of hydrogen-bond acceptors (Lipinski definition) is 6. The van der Waals surface area contributed by atoms with Crippen LogP contribution >= 0.6 is 0 Å².